The predicted molar refractivity (Wildman–Crippen MR) is 160 cm³/mol. The average Bonchev–Trinajstić information content (AvgIpc) is 2.99. The van der Waals surface area contributed by atoms with Gasteiger partial charge in [-0.05, 0) is 33.4 Å². The van der Waals surface area contributed by atoms with E-state index in [9.17, 15) is 15.3 Å². The molecule has 40 heavy (non-hydrogen) atoms. The van der Waals surface area contributed by atoms with Gasteiger partial charge in [-0.3, -0.25) is 0 Å². The molecule has 4 heteroatoms. The van der Waals surface area contributed by atoms with Gasteiger partial charge in [-0.15, -0.1) is 17.2 Å². The van der Waals surface area contributed by atoms with Gasteiger partial charge in [0.15, 0.2) is 0 Å². The van der Waals surface area contributed by atoms with Gasteiger partial charge in [0.2, 0.25) is 0 Å². The first-order chi connectivity index (χ1) is 19.1. The normalized spacial score (nSPS) is 9.60. The fourth-order valence-electron chi connectivity index (χ4n) is 3.92. The largest absolute Gasteiger partial charge is 3.00 e. The van der Waals surface area contributed by atoms with Gasteiger partial charge in [0, 0.05) is 0 Å². The van der Waals surface area contributed by atoms with E-state index in [2.05, 4.69) is 0 Å². The summed E-state index contributed by atoms with van der Waals surface area (Å²) in [5, 5.41) is 33.2. The van der Waals surface area contributed by atoms with Crippen molar-refractivity contribution in [2.24, 2.45) is 0 Å². The van der Waals surface area contributed by atoms with Crippen LogP contribution >= 0.6 is 0 Å². The van der Waals surface area contributed by atoms with Crippen LogP contribution in [0.5, 0.6) is 17.2 Å². The third-order valence-electron chi connectivity index (χ3n) is 5.82. The molecule has 6 aromatic carbocycles. The Bertz CT molecular complexity index is 1380. The third kappa shape index (κ3) is 9.22. The van der Waals surface area contributed by atoms with Crippen LogP contribution in [0.1, 0.15) is 0 Å². The summed E-state index contributed by atoms with van der Waals surface area (Å²) in [6, 6.07) is 50.4. The van der Waals surface area contributed by atoms with Crippen LogP contribution in [0.4, 0.5) is 0 Å². The van der Waals surface area contributed by atoms with Crippen LogP contribution in [0.25, 0.3) is 33.4 Å². The summed E-state index contributed by atoms with van der Waals surface area (Å²) < 4.78 is 0. The predicted octanol–water partition coefficient (Wildman–Crippen LogP) is 6.90. The smallest absolute Gasteiger partial charge is 0.872 e. The molecule has 0 bridgehead atoms. The second-order valence-corrected chi connectivity index (χ2v) is 8.68. The third-order valence-corrected chi connectivity index (χ3v) is 5.82. The van der Waals surface area contributed by atoms with E-state index in [-0.39, 0.29) is 34.6 Å². The molecular weight excluding hydrogens is 507 g/mol. The van der Waals surface area contributed by atoms with Crippen molar-refractivity contribution in [1.82, 2.24) is 0 Å². The zero-order valence-corrected chi connectivity index (χ0v) is 23.0. The van der Waals surface area contributed by atoms with E-state index in [1.54, 1.807) is 54.6 Å². The monoisotopic (exact) mass is 534 g/mol. The van der Waals surface area contributed by atoms with E-state index in [1.807, 2.05) is 109 Å². The number of rotatable bonds is 3. The van der Waals surface area contributed by atoms with Gasteiger partial charge in [0.25, 0.3) is 0 Å². The summed E-state index contributed by atoms with van der Waals surface area (Å²) in [5.41, 5.74) is 6.19. The maximum absolute atomic E-state index is 11.1. The fourth-order valence-corrected chi connectivity index (χ4v) is 3.92. The Morgan fingerprint density at radius 2 is 0.475 bits per heavy atom. The first kappa shape index (κ1) is 29.8. The van der Waals surface area contributed by atoms with Crippen LogP contribution in [0.2, 0.25) is 0 Å². The molecule has 0 spiro atoms. The molecule has 0 aromatic heterocycles. The Morgan fingerprint density at radius 3 is 0.700 bits per heavy atom. The maximum Gasteiger partial charge on any atom is 3.00 e. The van der Waals surface area contributed by atoms with Gasteiger partial charge in [-0.2, -0.15) is 0 Å². The molecule has 0 heterocycles. The van der Waals surface area contributed by atoms with E-state index < -0.39 is 0 Å². The SMILES string of the molecule is [Al+3].[O-]c1cccc(-c2ccccc2)c1.[O-]c1cccc(-c2ccccc2)c1.[O-]c1cccc(-c2ccccc2)c1. The molecule has 0 radical (unpaired) electrons. The van der Waals surface area contributed by atoms with E-state index in [4.69, 9.17) is 0 Å². The van der Waals surface area contributed by atoms with Crippen LogP contribution in [-0.2, 0) is 0 Å². The number of hydrogen-bond donors (Lipinski definition) is 0. The Morgan fingerprint density at radius 1 is 0.250 bits per heavy atom. The quantitative estimate of drug-likeness (QED) is 0.232. The second-order valence-electron chi connectivity index (χ2n) is 8.68. The van der Waals surface area contributed by atoms with Crippen molar-refractivity contribution in [3.8, 4) is 50.6 Å². The molecule has 0 saturated carbocycles. The van der Waals surface area contributed by atoms with Crippen molar-refractivity contribution in [3.63, 3.8) is 0 Å². The standard InChI is InChI=1S/3C12H10O.Al/c3*13-12-8-4-7-11(9-12)10-5-2-1-3-6-10;/h3*1-9,13H;/q;;;+3/p-3. The topological polar surface area (TPSA) is 69.2 Å². The van der Waals surface area contributed by atoms with Gasteiger partial charge in [-0.25, -0.2) is 0 Å². The van der Waals surface area contributed by atoms with Gasteiger partial charge in [0.05, 0.1) is 0 Å². The molecule has 192 valence electrons. The minimum atomic E-state index is 0. The summed E-state index contributed by atoms with van der Waals surface area (Å²) in [5.74, 6) is 0.170. The summed E-state index contributed by atoms with van der Waals surface area (Å²) in [6.07, 6.45) is 0. The molecule has 6 aromatic rings. The van der Waals surface area contributed by atoms with Gasteiger partial charge in [-0.1, -0.05) is 164 Å². The maximum atomic E-state index is 11.1. The van der Waals surface area contributed by atoms with Crippen LogP contribution in [0.15, 0.2) is 164 Å². The molecule has 0 saturated heterocycles. The van der Waals surface area contributed by atoms with E-state index >= 15 is 0 Å². The van der Waals surface area contributed by atoms with Gasteiger partial charge < -0.3 is 15.3 Å². The molecule has 3 nitrogen and oxygen atoms in total. The van der Waals surface area contributed by atoms with Crippen molar-refractivity contribution >= 4 is 17.4 Å². The zero-order valence-electron chi connectivity index (χ0n) is 21.9. The molecule has 0 N–H and O–H groups in total. The van der Waals surface area contributed by atoms with Gasteiger partial charge >= 0.3 is 17.4 Å². The van der Waals surface area contributed by atoms with Crippen LogP contribution < -0.4 is 15.3 Å². The van der Waals surface area contributed by atoms with Crippen molar-refractivity contribution in [1.29, 1.82) is 0 Å². The molecule has 6 rings (SSSR count). The summed E-state index contributed by atoms with van der Waals surface area (Å²) >= 11 is 0. The summed E-state index contributed by atoms with van der Waals surface area (Å²) in [6.45, 7) is 0. The molecule has 0 aliphatic heterocycles. The average molecular weight is 535 g/mol. The summed E-state index contributed by atoms with van der Waals surface area (Å²) in [7, 11) is 0. The fraction of sp³-hybridized carbons (Fsp3) is 0. The molecular formula is C36H27AlO3. The Balaban J connectivity index is 0.000000163. The number of hydrogen-bond acceptors (Lipinski definition) is 3. The Labute approximate surface area is 246 Å². The molecule has 0 fully saturated rings. The molecule has 0 aliphatic rings. The Hall–Kier alpha value is -4.75. The van der Waals surface area contributed by atoms with Crippen molar-refractivity contribution < 1.29 is 15.3 Å². The molecule has 0 amide bonds. The van der Waals surface area contributed by atoms with Crippen LogP contribution in [0, 0.1) is 0 Å². The molecule has 0 unspecified atom stereocenters. The molecule has 0 aliphatic carbocycles. The first-order valence-electron chi connectivity index (χ1n) is 12.6. The number of benzene rings is 6. The minimum Gasteiger partial charge on any atom is -0.872 e. The van der Waals surface area contributed by atoms with E-state index in [0.717, 1.165) is 33.4 Å². The van der Waals surface area contributed by atoms with Gasteiger partial charge in [0.1, 0.15) is 0 Å². The molecule has 0 atom stereocenters. The van der Waals surface area contributed by atoms with Crippen molar-refractivity contribution in [3.05, 3.63) is 164 Å². The Kier molecular flexibility index (Phi) is 11.6. The van der Waals surface area contributed by atoms with Crippen molar-refractivity contribution in [2.75, 3.05) is 0 Å². The van der Waals surface area contributed by atoms with E-state index in [1.165, 1.54) is 0 Å². The van der Waals surface area contributed by atoms with E-state index in [0.29, 0.717) is 0 Å². The minimum absolute atomic E-state index is 0. The van der Waals surface area contributed by atoms with Crippen LogP contribution in [-0.4, -0.2) is 17.4 Å². The summed E-state index contributed by atoms with van der Waals surface area (Å²) in [4.78, 5) is 0. The zero-order chi connectivity index (χ0) is 27.3. The second kappa shape index (κ2) is 15.6. The van der Waals surface area contributed by atoms with Crippen molar-refractivity contribution in [2.45, 2.75) is 0 Å². The van der Waals surface area contributed by atoms with Crippen LogP contribution in [0.3, 0.4) is 0 Å². The first-order valence-corrected chi connectivity index (χ1v) is 12.6.